The Kier molecular flexibility index (Phi) is 3.56. The average molecular weight is 223 g/mol. The fourth-order valence-electron chi connectivity index (χ4n) is 1.89. The van der Waals surface area contributed by atoms with Crippen LogP contribution in [0, 0.1) is 12.8 Å². The fraction of sp³-hybridized carbons (Fsp3) is 0.636. The Morgan fingerprint density at radius 1 is 1.75 bits per heavy atom. The third-order valence-electron chi connectivity index (χ3n) is 2.78. The maximum absolute atomic E-state index is 11.8. The Morgan fingerprint density at radius 2 is 2.62 bits per heavy atom. The molecule has 2 heterocycles. The van der Waals surface area contributed by atoms with Crippen LogP contribution in [-0.4, -0.2) is 24.2 Å². The van der Waals surface area contributed by atoms with Gasteiger partial charge < -0.3 is 15.2 Å². The lowest BCUT2D eigenvalue weighted by Crippen LogP contribution is -2.40. The second-order valence-electron chi connectivity index (χ2n) is 4.20. The van der Waals surface area contributed by atoms with Crippen molar-refractivity contribution in [2.24, 2.45) is 5.92 Å². The molecule has 1 atom stereocenters. The average Bonchev–Trinajstić information content (AvgIpc) is 2.73. The number of aromatic nitrogens is 1. The van der Waals surface area contributed by atoms with E-state index in [4.69, 9.17) is 4.52 Å². The van der Waals surface area contributed by atoms with Gasteiger partial charge >= 0.3 is 0 Å². The number of nitrogens with zero attached hydrogens (tertiary/aromatic N) is 1. The van der Waals surface area contributed by atoms with E-state index in [2.05, 4.69) is 15.8 Å². The number of carbonyl (C=O) groups is 1. The molecule has 0 spiro atoms. The summed E-state index contributed by atoms with van der Waals surface area (Å²) in [6.45, 7) is 4.09. The van der Waals surface area contributed by atoms with Crippen LogP contribution in [0.15, 0.2) is 10.6 Å². The number of aryl methyl sites for hydroxylation is 1. The summed E-state index contributed by atoms with van der Waals surface area (Å²) in [5.41, 5.74) is 0.837. The van der Waals surface area contributed by atoms with Gasteiger partial charge in [0.2, 0.25) is 5.91 Å². The quantitative estimate of drug-likeness (QED) is 0.787. The highest BCUT2D eigenvalue weighted by Crippen LogP contribution is 2.10. The largest absolute Gasteiger partial charge is 0.359 e. The molecular weight excluding hydrogens is 206 g/mol. The molecule has 1 fully saturated rings. The number of carbonyl (C=O) groups excluding carboxylic acids is 1. The number of hydrogen-bond acceptors (Lipinski definition) is 4. The lowest BCUT2D eigenvalue weighted by Gasteiger charge is -2.21. The van der Waals surface area contributed by atoms with E-state index in [9.17, 15) is 4.79 Å². The van der Waals surface area contributed by atoms with Crippen LogP contribution in [0.3, 0.4) is 0 Å². The highest BCUT2D eigenvalue weighted by Gasteiger charge is 2.20. The number of piperidine rings is 1. The summed E-state index contributed by atoms with van der Waals surface area (Å²) in [7, 11) is 0. The molecule has 0 bridgehead atoms. The van der Waals surface area contributed by atoms with Crippen molar-refractivity contribution in [1.82, 2.24) is 15.8 Å². The van der Waals surface area contributed by atoms with Crippen molar-refractivity contribution in [2.45, 2.75) is 26.3 Å². The van der Waals surface area contributed by atoms with Crippen molar-refractivity contribution < 1.29 is 9.32 Å². The molecule has 0 aliphatic carbocycles. The number of hydrogen-bond donors (Lipinski definition) is 2. The Labute approximate surface area is 94.6 Å². The highest BCUT2D eigenvalue weighted by atomic mass is 16.5. The van der Waals surface area contributed by atoms with E-state index < -0.39 is 0 Å². The number of amides is 1. The minimum absolute atomic E-state index is 0.0952. The van der Waals surface area contributed by atoms with Gasteiger partial charge in [0, 0.05) is 12.6 Å². The zero-order valence-electron chi connectivity index (χ0n) is 9.45. The maximum atomic E-state index is 11.8. The molecule has 0 radical (unpaired) electrons. The predicted octanol–water partition coefficient (Wildman–Crippen LogP) is 0.599. The van der Waals surface area contributed by atoms with Gasteiger partial charge in [0.1, 0.15) is 0 Å². The molecule has 1 aliphatic rings. The summed E-state index contributed by atoms with van der Waals surface area (Å²) in [5, 5.41) is 9.86. The standard InChI is InChI=1S/C11H17N3O2/c1-8-5-10(16-14-8)7-13-11(15)9-3-2-4-12-6-9/h5,9,12H,2-4,6-7H2,1H3,(H,13,15)/t9-/m1/s1. The zero-order chi connectivity index (χ0) is 11.4. The molecule has 0 saturated carbocycles. The summed E-state index contributed by atoms with van der Waals surface area (Å²) >= 11 is 0. The van der Waals surface area contributed by atoms with Gasteiger partial charge in [0.05, 0.1) is 18.2 Å². The van der Waals surface area contributed by atoms with E-state index >= 15 is 0 Å². The maximum Gasteiger partial charge on any atom is 0.224 e. The lowest BCUT2D eigenvalue weighted by atomic mass is 9.99. The number of rotatable bonds is 3. The summed E-state index contributed by atoms with van der Waals surface area (Å²) in [5.74, 6) is 0.897. The van der Waals surface area contributed by atoms with E-state index in [0.29, 0.717) is 12.3 Å². The summed E-state index contributed by atoms with van der Waals surface area (Å²) in [4.78, 5) is 11.8. The Balaban J connectivity index is 1.78. The Hall–Kier alpha value is -1.36. The molecular formula is C11H17N3O2. The fourth-order valence-corrected chi connectivity index (χ4v) is 1.89. The van der Waals surface area contributed by atoms with Crippen LogP contribution in [0.5, 0.6) is 0 Å². The van der Waals surface area contributed by atoms with E-state index in [-0.39, 0.29) is 11.8 Å². The summed E-state index contributed by atoms with van der Waals surface area (Å²) in [6.07, 6.45) is 2.04. The van der Waals surface area contributed by atoms with E-state index in [1.165, 1.54) is 0 Å². The minimum atomic E-state index is 0.0952. The van der Waals surface area contributed by atoms with Gasteiger partial charge in [-0.3, -0.25) is 4.79 Å². The summed E-state index contributed by atoms with van der Waals surface area (Å²) in [6, 6.07) is 1.83. The molecule has 1 aliphatic heterocycles. The van der Waals surface area contributed by atoms with Gasteiger partial charge in [0.15, 0.2) is 5.76 Å². The molecule has 2 N–H and O–H groups in total. The minimum Gasteiger partial charge on any atom is -0.359 e. The van der Waals surface area contributed by atoms with Crippen molar-refractivity contribution in [2.75, 3.05) is 13.1 Å². The monoisotopic (exact) mass is 223 g/mol. The molecule has 0 unspecified atom stereocenters. The SMILES string of the molecule is Cc1cc(CNC(=O)[C@@H]2CCCNC2)on1. The van der Waals surface area contributed by atoms with Crippen LogP contribution in [0.4, 0.5) is 0 Å². The van der Waals surface area contributed by atoms with Crippen molar-refractivity contribution >= 4 is 5.91 Å². The molecule has 1 saturated heterocycles. The van der Waals surface area contributed by atoms with Gasteiger partial charge in [-0.05, 0) is 26.3 Å². The van der Waals surface area contributed by atoms with Gasteiger partial charge in [-0.25, -0.2) is 0 Å². The van der Waals surface area contributed by atoms with Crippen LogP contribution < -0.4 is 10.6 Å². The molecule has 0 aromatic carbocycles. The van der Waals surface area contributed by atoms with Gasteiger partial charge in [-0.2, -0.15) is 0 Å². The van der Waals surface area contributed by atoms with E-state index in [0.717, 1.165) is 31.6 Å². The van der Waals surface area contributed by atoms with Crippen molar-refractivity contribution in [1.29, 1.82) is 0 Å². The topological polar surface area (TPSA) is 67.2 Å². The van der Waals surface area contributed by atoms with Crippen LogP contribution in [0.2, 0.25) is 0 Å². The van der Waals surface area contributed by atoms with Gasteiger partial charge in [-0.1, -0.05) is 5.16 Å². The van der Waals surface area contributed by atoms with E-state index in [1.807, 2.05) is 13.0 Å². The molecule has 88 valence electrons. The third kappa shape index (κ3) is 2.82. The van der Waals surface area contributed by atoms with Gasteiger partial charge in [-0.15, -0.1) is 0 Å². The predicted molar refractivity (Wildman–Crippen MR) is 58.7 cm³/mol. The third-order valence-corrected chi connectivity index (χ3v) is 2.78. The first-order valence-corrected chi connectivity index (χ1v) is 5.66. The lowest BCUT2D eigenvalue weighted by molar-refractivity contribution is -0.125. The van der Waals surface area contributed by atoms with Crippen LogP contribution >= 0.6 is 0 Å². The molecule has 16 heavy (non-hydrogen) atoms. The first-order valence-electron chi connectivity index (χ1n) is 5.66. The van der Waals surface area contributed by atoms with Crippen LogP contribution in [-0.2, 0) is 11.3 Å². The molecule has 2 rings (SSSR count). The van der Waals surface area contributed by atoms with Crippen LogP contribution in [0.1, 0.15) is 24.3 Å². The second-order valence-corrected chi connectivity index (χ2v) is 4.20. The molecule has 5 heteroatoms. The Morgan fingerprint density at radius 3 is 3.25 bits per heavy atom. The Bertz CT molecular complexity index is 356. The number of nitrogens with one attached hydrogen (secondary N) is 2. The zero-order valence-corrected chi connectivity index (χ0v) is 9.45. The van der Waals surface area contributed by atoms with Crippen molar-refractivity contribution in [3.8, 4) is 0 Å². The molecule has 1 aromatic heterocycles. The first kappa shape index (κ1) is 11.1. The molecule has 5 nitrogen and oxygen atoms in total. The van der Waals surface area contributed by atoms with Crippen molar-refractivity contribution in [3.05, 3.63) is 17.5 Å². The molecule has 1 aromatic rings. The van der Waals surface area contributed by atoms with Crippen LogP contribution in [0.25, 0.3) is 0 Å². The summed E-state index contributed by atoms with van der Waals surface area (Å²) < 4.78 is 5.02. The second kappa shape index (κ2) is 5.12. The molecule has 1 amide bonds. The highest BCUT2D eigenvalue weighted by molar-refractivity contribution is 5.78. The van der Waals surface area contributed by atoms with E-state index in [1.54, 1.807) is 0 Å². The smallest absolute Gasteiger partial charge is 0.224 e. The normalized spacial score (nSPS) is 20.7. The van der Waals surface area contributed by atoms with Gasteiger partial charge in [0.25, 0.3) is 0 Å². The first-order chi connectivity index (χ1) is 7.75. The van der Waals surface area contributed by atoms with Crippen molar-refractivity contribution in [3.63, 3.8) is 0 Å².